The monoisotopic (exact) mass is 464 g/mol. The molecule has 0 aliphatic heterocycles. The van der Waals surface area contributed by atoms with Crippen molar-refractivity contribution in [2.45, 2.75) is 102 Å². The molecule has 172 valence electrons. The maximum Gasteiger partial charge on any atom is -0.00622 e. The van der Waals surface area contributed by atoms with Gasteiger partial charge in [-0.1, -0.05) is 124 Å². The highest BCUT2D eigenvalue weighted by molar-refractivity contribution is 8.19. The number of hydrogen-bond acceptors (Lipinski definition) is 1. The second-order valence-corrected chi connectivity index (χ2v) is 15.2. The summed E-state index contributed by atoms with van der Waals surface area (Å²) in [5, 5.41) is 1.59. The van der Waals surface area contributed by atoms with Crippen molar-refractivity contribution in [3.8, 4) is 0 Å². The van der Waals surface area contributed by atoms with Crippen molar-refractivity contribution in [3.05, 3.63) is 65.7 Å². The number of benzene rings is 2. The molecule has 2 fully saturated rings. The largest absolute Gasteiger partial charge is 0.0920 e. The molecule has 4 rings (SSSR count). The fourth-order valence-electron chi connectivity index (χ4n) is 6.07. The summed E-state index contributed by atoms with van der Waals surface area (Å²) in [4.78, 5) is 0. The molecule has 32 heavy (non-hydrogen) atoms. The van der Waals surface area contributed by atoms with E-state index in [1.54, 1.807) is 5.30 Å². The molecule has 0 heterocycles. The molecule has 0 N–H and O–H groups in total. The van der Waals surface area contributed by atoms with Crippen LogP contribution in [0, 0.1) is 0 Å². The first-order valence-electron chi connectivity index (χ1n) is 13.2. The predicted molar refractivity (Wildman–Crippen MR) is 148 cm³/mol. The third kappa shape index (κ3) is 5.48. The average molecular weight is 465 g/mol. The van der Waals surface area contributed by atoms with Crippen LogP contribution in [0.3, 0.4) is 0 Å². The van der Waals surface area contributed by atoms with E-state index in [0.29, 0.717) is 0 Å². The molecule has 0 bridgehead atoms. The Morgan fingerprint density at radius 2 is 1.38 bits per heavy atom. The Kier molecular flexibility index (Phi) is 8.84. The van der Waals surface area contributed by atoms with E-state index in [1.165, 1.54) is 93.7 Å². The van der Waals surface area contributed by atoms with E-state index < -0.39 is 6.04 Å². The van der Waals surface area contributed by atoms with E-state index in [4.69, 9.17) is 11.8 Å². The van der Waals surface area contributed by atoms with E-state index in [2.05, 4.69) is 67.6 Å². The van der Waals surface area contributed by atoms with Crippen LogP contribution in [-0.2, 0) is 11.8 Å². The summed E-state index contributed by atoms with van der Waals surface area (Å²) in [5.41, 5.74) is 5.84. The van der Waals surface area contributed by atoms with Gasteiger partial charge < -0.3 is 0 Å². The first-order valence-corrected chi connectivity index (χ1v) is 16.1. The zero-order valence-electron chi connectivity index (χ0n) is 20.0. The van der Waals surface area contributed by atoms with Gasteiger partial charge >= 0.3 is 0 Å². The number of hydrogen-bond donors (Lipinski definition) is 0. The lowest BCUT2D eigenvalue weighted by atomic mass is 9.97. The van der Waals surface area contributed by atoms with E-state index in [0.717, 1.165) is 17.7 Å². The zero-order valence-corrected chi connectivity index (χ0v) is 21.7. The number of rotatable bonds is 8. The van der Waals surface area contributed by atoms with Crippen molar-refractivity contribution in [1.29, 1.82) is 0 Å². The predicted octanol–water partition coefficient (Wildman–Crippen LogP) is 9.19. The van der Waals surface area contributed by atoms with E-state index in [1.807, 2.05) is 0 Å². The van der Waals surface area contributed by atoms with Gasteiger partial charge in [-0.2, -0.15) is 0 Å². The van der Waals surface area contributed by atoms with Crippen LogP contribution in [0.25, 0.3) is 11.6 Å². The molecule has 2 aliphatic rings. The van der Waals surface area contributed by atoms with Gasteiger partial charge in [0, 0.05) is 0 Å². The summed E-state index contributed by atoms with van der Waals surface area (Å²) < 4.78 is 0. The highest BCUT2D eigenvalue weighted by atomic mass is 32.4. The van der Waals surface area contributed by atoms with Crippen molar-refractivity contribution in [1.82, 2.24) is 0 Å². The average Bonchev–Trinajstić information content (AvgIpc) is 2.88. The van der Waals surface area contributed by atoms with Crippen LogP contribution in [-0.4, -0.2) is 11.3 Å². The summed E-state index contributed by atoms with van der Waals surface area (Å²) in [7, 11) is 0. The van der Waals surface area contributed by atoms with Gasteiger partial charge in [0.2, 0.25) is 0 Å². The third-order valence-electron chi connectivity index (χ3n) is 7.80. The molecule has 0 spiro atoms. The standard InChI is InChI=1S/C30H41PS/c1-2-3-17-26(24-25-15-7-4-8-16-25)29-22-13-14-23-30(29)31(32,27-18-9-5-10-19-27)28-20-11-6-12-21-28/h4,7-8,13-16,22-24,27-28H,2-3,5-6,9-12,17-21H2,1H3/b26-24-. The second-order valence-electron chi connectivity index (χ2n) is 9.99. The third-order valence-corrected chi connectivity index (χ3v) is 14.5. The van der Waals surface area contributed by atoms with Crippen molar-refractivity contribution >= 4 is 34.8 Å². The summed E-state index contributed by atoms with van der Waals surface area (Å²) in [6.45, 7) is 2.31. The zero-order chi connectivity index (χ0) is 22.2. The van der Waals surface area contributed by atoms with Crippen molar-refractivity contribution in [2.75, 3.05) is 0 Å². The van der Waals surface area contributed by atoms with Gasteiger partial charge in [-0.3, -0.25) is 0 Å². The van der Waals surface area contributed by atoms with Gasteiger partial charge in [0.1, 0.15) is 0 Å². The summed E-state index contributed by atoms with van der Waals surface area (Å²) in [5.74, 6) is 0. The molecule has 2 aromatic rings. The smallest absolute Gasteiger partial charge is 0.00622 e. The lowest BCUT2D eigenvalue weighted by Crippen LogP contribution is -2.31. The SMILES string of the molecule is CCCC/C(=C/c1ccccc1)c1ccccc1P(=S)(C1CCCCC1)C1CCCCC1. The minimum atomic E-state index is -1.66. The van der Waals surface area contributed by atoms with E-state index in [9.17, 15) is 0 Å². The van der Waals surface area contributed by atoms with Crippen molar-refractivity contribution in [2.24, 2.45) is 0 Å². The Bertz CT molecular complexity index is 895. The first kappa shape index (κ1) is 24.0. The molecule has 0 unspecified atom stereocenters. The normalized spacial score (nSPS) is 19.2. The molecule has 0 aromatic heterocycles. The Hall–Kier alpha value is -1.17. The first-order chi connectivity index (χ1) is 15.7. The highest BCUT2D eigenvalue weighted by Gasteiger charge is 2.39. The molecule has 0 amide bonds. The van der Waals surface area contributed by atoms with Gasteiger partial charge in [-0.25, -0.2) is 0 Å². The Labute approximate surface area is 201 Å². The van der Waals surface area contributed by atoms with Gasteiger partial charge in [-0.15, -0.1) is 0 Å². The molecule has 2 aromatic carbocycles. The van der Waals surface area contributed by atoms with Crippen LogP contribution in [0.4, 0.5) is 0 Å². The van der Waals surface area contributed by atoms with Crippen LogP contribution in [0.15, 0.2) is 54.6 Å². The molecule has 0 atom stereocenters. The van der Waals surface area contributed by atoms with Crippen molar-refractivity contribution < 1.29 is 0 Å². The van der Waals surface area contributed by atoms with Gasteiger partial charge in [0.25, 0.3) is 0 Å². The Morgan fingerprint density at radius 3 is 1.97 bits per heavy atom. The van der Waals surface area contributed by atoms with Crippen LogP contribution in [0.2, 0.25) is 0 Å². The van der Waals surface area contributed by atoms with Crippen LogP contribution in [0.5, 0.6) is 0 Å². The Morgan fingerprint density at radius 1 is 0.812 bits per heavy atom. The topological polar surface area (TPSA) is 0 Å². The number of unbranched alkanes of at least 4 members (excludes halogenated alkanes) is 1. The lowest BCUT2D eigenvalue weighted by Gasteiger charge is -2.43. The summed E-state index contributed by atoms with van der Waals surface area (Å²) in [6, 6.07) is 18.7. The molecule has 2 saturated carbocycles. The van der Waals surface area contributed by atoms with E-state index in [-0.39, 0.29) is 0 Å². The maximum atomic E-state index is 6.98. The minimum Gasteiger partial charge on any atom is -0.0920 e. The molecule has 0 radical (unpaired) electrons. The Balaban J connectivity index is 1.82. The maximum absolute atomic E-state index is 6.98. The lowest BCUT2D eigenvalue weighted by molar-refractivity contribution is 0.486. The molecular formula is C30H41PS. The fraction of sp³-hybridized carbons (Fsp3) is 0.533. The highest BCUT2D eigenvalue weighted by Crippen LogP contribution is 2.63. The van der Waals surface area contributed by atoms with Gasteiger partial charge in [-0.05, 0) is 77.9 Å². The summed E-state index contributed by atoms with van der Waals surface area (Å²) >= 11 is 6.98. The minimum absolute atomic E-state index is 0.764. The summed E-state index contributed by atoms with van der Waals surface area (Å²) in [6.07, 6.45) is 19.9. The molecule has 0 nitrogen and oxygen atoms in total. The second kappa shape index (κ2) is 11.8. The fourth-order valence-corrected chi connectivity index (χ4v) is 12.4. The van der Waals surface area contributed by atoms with Crippen LogP contribution in [0.1, 0.15) is 102 Å². The van der Waals surface area contributed by atoms with E-state index >= 15 is 0 Å². The molecular weight excluding hydrogens is 423 g/mol. The quantitative estimate of drug-likeness (QED) is 0.277. The van der Waals surface area contributed by atoms with Gasteiger partial charge in [0.15, 0.2) is 0 Å². The number of allylic oxidation sites excluding steroid dienone is 1. The molecule has 2 heteroatoms. The molecule has 2 aliphatic carbocycles. The van der Waals surface area contributed by atoms with Crippen LogP contribution >= 0.6 is 6.04 Å². The molecule has 0 saturated heterocycles. The van der Waals surface area contributed by atoms with Gasteiger partial charge in [0.05, 0.1) is 0 Å². The van der Waals surface area contributed by atoms with Crippen molar-refractivity contribution in [3.63, 3.8) is 0 Å². The van der Waals surface area contributed by atoms with Crippen LogP contribution < -0.4 is 5.30 Å².